The Hall–Kier alpha value is -4.00. The number of rotatable bonds is 12. The van der Waals surface area contributed by atoms with Gasteiger partial charge in [0.2, 0.25) is 0 Å². The Morgan fingerprint density at radius 1 is 0.761 bits per heavy atom. The van der Waals surface area contributed by atoms with Crippen molar-refractivity contribution in [1.82, 2.24) is 0 Å². The summed E-state index contributed by atoms with van der Waals surface area (Å²) in [6.45, 7) is 10.3. The molecule has 2 fully saturated rings. The highest BCUT2D eigenvalue weighted by Crippen LogP contribution is 2.46. The third-order valence-corrected chi connectivity index (χ3v) is 9.61. The third kappa shape index (κ3) is 8.42. The maximum atomic E-state index is 12.1. The Balaban J connectivity index is 1.30. The first-order valence-corrected chi connectivity index (χ1v) is 16.6. The Labute approximate surface area is 273 Å². The molecule has 0 amide bonds. The fraction of sp³-hybridized carbons (Fsp3) is 0.400. The lowest BCUT2D eigenvalue weighted by Gasteiger charge is -2.38. The van der Waals surface area contributed by atoms with E-state index in [4.69, 9.17) is 18.9 Å². The van der Waals surface area contributed by atoms with Crippen LogP contribution in [0.3, 0.4) is 0 Å². The summed E-state index contributed by atoms with van der Waals surface area (Å²) in [6, 6.07) is 22.0. The van der Waals surface area contributed by atoms with E-state index < -0.39 is 11.9 Å². The zero-order valence-corrected chi connectivity index (χ0v) is 27.2. The van der Waals surface area contributed by atoms with Crippen molar-refractivity contribution in [2.24, 2.45) is 11.8 Å². The zero-order valence-electron chi connectivity index (χ0n) is 27.2. The number of hydrogen-bond acceptors (Lipinski definition) is 6. The van der Waals surface area contributed by atoms with Gasteiger partial charge >= 0.3 is 11.9 Å². The SMILES string of the molecule is C=CC(=O)Oc1ccc(-c2ccc(-c3ccc(OC(=O)C(=C)COC)cc3)cc2)c(C2CCC(C3CCC(OCC)CC3)CC2)c1. The quantitative estimate of drug-likeness (QED) is 0.114. The fourth-order valence-electron chi connectivity index (χ4n) is 7.20. The first-order valence-electron chi connectivity index (χ1n) is 16.6. The van der Waals surface area contributed by atoms with Gasteiger partial charge in [-0.15, -0.1) is 0 Å². The van der Waals surface area contributed by atoms with Gasteiger partial charge in [0.05, 0.1) is 18.3 Å². The largest absolute Gasteiger partial charge is 0.423 e. The van der Waals surface area contributed by atoms with E-state index >= 15 is 0 Å². The molecule has 0 aromatic heterocycles. The normalized spacial score (nSPS) is 21.3. The molecule has 2 aliphatic carbocycles. The summed E-state index contributed by atoms with van der Waals surface area (Å²) < 4.78 is 21.8. The number of carbonyl (C=O) groups is 2. The molecule has 0 spiro atoms. The first-order chi connectivity index (χ1) is 22.4. The van der Waals surface area contributed by atoms with Crippen molar-refractivity contribution >= 4 is 11.9 Å². The lowest BCUT2D eigenvalue weighted by atomic mass is 9.69. The number of ether oxygens (including phenoxy) is 4. The van der Waals surface area contributed by atoms with Gasteiger partial charge in [-0.1, -0.05) is 55.6 Å². The zero-order chi connectivity index (χ0) is 32.5. The average Bonchev–Trinajstić information content (AvgIpc) is 3.09. The van der Waals surface area contributed by atoms with Gasteiger partial charge in [0, 0.05) is 19.8 Å². The van der Waals surface area contributed by atoms with Crippen LogP contribution in [0, 0.1) is 11.8 Å². The van der Waals surface area contributed by atoms with E-state index in [1.807, 2.05) is 18.2 Å². The second kappa shape index (κ2) is 16.0. The average molecular weight is 623 g/mol. The molecule has 46 heavy (non-hydrogen) atoms. The summed E-state index contributed by atoms with van der Waals surface area (Å²) in [5.41, 5.74) is 5.87. The van der Waals surface area contributed by atoms with Crippen molar-refractivity contribution in [3.05, 3.63) is 97.1 Å². The summed E-state index contributed by atoms with van der Waals surface area (Å²) in [5.74, 6) is 2.06. The molecule has 2 saturated carbocycles. The van der Waals surface area contributed by atoms with Crippen molar-refractivity contribution in [3.63, 3.8) is 0 Å². The predicted octanol–water partition coefficient (Wildman–Crippen LogP) is 9.09. The summed E-state index contributed by atoms with van der Waals surface area (Å²) in [6.07, 6.45) is 11.3. The molecule has 0 saturated heterocycles. The molecule has 6 heteroatoms. The second-order valence-electron chi connectivity index (χ2n) is 12.5. The predicted molar refractivity (Wildman–Crippen MR) is 182 cm³/mol. The highest BCUT2D eigenvalue weighted by molar-refractivity contribution is 5.89. The summed E-state index contributed by atoms with van der Waals surface area (Å²) in [5, 5.41) is 0. The smallest absolute Gasteiger partial charge is 0.341 e. The molecule has 0 atom stereocenters. The standard InChI is InChI=1S/C40H46O6/c1-5-39(41)45-36-23-24-37(38(25-36)33-13-9-29(10-14-33)30-15-19-34(20-16-30)44-6-2)32-11-7-28(8-12-32)31-17-21-35(22-18-31)46-40(42)27(3)26-43-4/h5,7-8,11-12,17-18,21-25,29-30,33-34H,1,3,6,9-10,13-16,19-20,26H2,2,4H3. The van der Waals surface area contributed by atoms with Gasteiger partial charge in [-0.3, -0.25) is 0 Å². The van der Waals surface area contributed by atoms with Crippen LogP contribution < -0.4 is 9.47 Å². The topological polar surface area (TPSA) is 71.1 Å². The first kappa shape index (κ1) is 33.4. The van der Waals surface area contributed by atoms with E-state index in [9.17, 15) is 9.59 Å². The van der Waals surface area contributed by atoms with E-state index in [0.29, 0.717) is 23.5 Å². The van der Waals surface area contributed by atoms with Gasteiger partial charge in [-0.25, -0.2) is 9.59 Å². The van der Waals surface area contributed by atoms with Crippen LogP contribution in [0.15, 0.2) is 91.5 Å². The highest BCUT2D eigenvalue weighted by atomic mass is 16.5. The molecular formula is C40H46O6. The molecule has 0 N–H and O–H groups in total. The summed E-state index contributed by atoms with van der Waals surface area (Å²) >= 11 is 0. The van der Waals surface area contributed by atoms with Crippen LogP contribution in [-0.4, -0.2) is 38.4 Å². The van der Waals surface area contributed by atoms with Gasteiger partial charge < -0.3 is 18.9 Å². The second-order valence-corrected chi connectivity index (χ2v) is 12.5. The van der Waals surface area contributed by atoms with Crippen LogP contribution in [0.1, 0.15) is 69.8 Å². The Morgan fingerprint density at radius 3 is 1.91 bits per heavy atom. The molecule has 0 aliphatic heterocycles. The number of methoxy groups -OCH3 is 1. The molecule has 3 aromatic rings. The fourth-order valence-corrected chi connectivity index (χ4v) is 7.20. The van der Waals surface area contributed by atoms with Gasteiger partial charge in [0.25, 0.3) is 0 Å². The molecule has 6 nitrogen and oxygen atoms in total. The van der Waals surface area contributed by atoms with Crippen molar-refractivity contribution in [3.8, 4) is 33.8 Å². The number of carbonyl (C=O) groups excluding carboxylic acids is 2. The van der Waals surface area contributed by atoms with Crippen LogP contribution in [0.5, 0.6) is 11.5 Å². The van der Waals surface area contributed by atoms with E-state index in [1.165, 1.54) is 62.8 Å². The molecule has 242 valence electrons. The molecule has 2 aliphatic rings. The Morgan fingerprint density at radius 2 is 1.33 bits per heavy atom. The number of esters is 2. The summed E-state index contributed by atoms with van der Waals surface area (Å²) in [4.78, 5) is 24.2. The molecule has 3 aromatic carbocycles. The minimum Gasteiger partial charge on any atom is -0.423 e. The van der Waals surface area contributed by atoms with Crippen LogP contribution in [-0.2, 0) is 19.1 Å². The van der Waals surface area contributed by atoms with Gasteiger partial charge in [0.15, 0.2) is 0 Å². The van der Waals surface area contributed by atoms with Crippen molar-refractivity contribution in [1.29, 1.82) is 0 Å². The lowest BCUT2D eigenvalue weighted by Crippen LogP contribution is -2.28. The summed E-state index contributed by atoms with van der Waals surface area (Å²) in [7, 11) is 1.51. The highest BCUT2D eigenvalue weighted by Gasteiger charge is 2.32. The molecule has 0 heterocycles. The molecule has 0 bridgehead atoms. The maximum Gasteiger partial charge on any atom is 0.341 e. The lowest BCUT2D eigenvalue weighted by molar-refractivity contribution is -0.131. The van der Waals surface area contributed by atoms with E-state index in [0.717, 1.165) is 48.0 Å². The van der Waals surface area contributed by atoms with Crippen LogP contribution in [0.2, 0.25) is 0 Å². The van der Waals surface area contributed by atoms with Crippen LogP contribution >= 0.6 is 0 Å². The van der Waals surface area contributed by atoms with Gasteiger partial charge in [-0.05, 0) is 128 Å². The van der Waals surface area contributed by atoms with E-state index in [-0.39, 0.29) is 12.2 Å². The monoisotopic (exact) mass is 622 g/mol. The third-order valence-electron chi connectivity index (χ3n) is 9.61. The van der Waals surface area contributed by atoms with Crippen LogP contribution in [0.4, 0.5) is 0 Å². The minimum absolute atomic E-state index is 0.130. The molecule has 0 radical (unpaired) electrons. The van der Waals surface area contributed by atoms with E-state index in [2.05, 4.69) is 56.5 Å². The van der Waals surface area contributed by atoms with Crippen LogP contribution in [0.25, 0.3) is 22.3 Å². The van der Waals surface area contributed by atoms with Gasteiger partial charge in [0.1, 0.15) is 11.5 Å². The van der Waals surface area contributed by atoms with Crippen molar-refractivity contribution < 1.29 is 28.5 Å². The molecule has 0 unspecified atom stereocenters. The van der Waals surface area contributed by atoms with Gasteiger partial charge in [-0.2, -0.15) is 0 Å². The minimum atomic E-state index is -0.502. The molecular weight excluding hydrogens is 576 g/mol. The Kier molecular flexibility index (Phi) is 11.6. The molecule has 5 rings (SSSR count). The Bertz CT molecular complexity index is 1490. The van der Waals surface area contributed by atoms with Crippen molar-refractivity contribution in [2.45, 2.75) is 70.3 Å². The number of hydrogen-bond donors (Lipinski definition) is 0. The van der Waals surface area contributed by atoms with E-state index in [1.54, 1.807) is 12.1 Å². The van der Waals surface area contributed by atoms with Crippen molar-refractivity contribution in [2.75, 3.05) is 20.3 Å². The maximum absolute atomic E-state index is 12.1. The number of benzene rings is 3.